The smallest absolute Gasteiger partial charge is 0.139 e. The van der Waals surface area contributed by atoms with E-state index in [9.17, 15) is 0 Å². The third-order valence-electron chi connectivity index (χ3n) is 6.27. The number of ether oxygens (including phenoxy) is 1. The van der Waals surface area contributed by atoms with Gasteiger partial charge in [-0.05, 0) is 54.2 Å². The van der Waals surface area contributed by atoms with Crippen LogP contribution in [-0.4, -0.2) is 28.3 Å². The quantitative estimate of drug-likeness (QED) is 0.939. The molecule has 0 aromatic carbocycles. The Bertz CT molecular complexity index is 723. The van der Waals surface area contributed by atoms with Gasteiger partial charge in [0.1, 0.15) is 5.65 Å². The van der Waals surface area contributed by atoms with Gasteiger partial charge in [-0.1, -0.05) is 20.3 Å². The van der Waals surface area contributed by atoms with Crippen LogP contribution < -0.4 is 5.73 Å². The van der Waals surface area contributed by atoms with Gasteiger partial charge in [-0.2, -0.15) is 0 Å². The molecule has 4 nitrogen and oxygen atoms in total. The number of fused-ring (bicyclic) bond motifs is 1. The van der Waals surface area contributed by atoms with Crippen molar-refractivity contribution < 1.29 is 4.74 Å². The van der Waals surface area contributed by atoms with Crippen LogP contribution in [0.4, 0.5) is 0 Å². The second kappa shape index (κ2) is 6.16. The maximum Gasteiger partial charge on any atom is 0.139 e. The average molecular weight is 327 g/mol. The van der Waals surface area contributed by atoms with Crippen molar-refractivity contribution in [2.24, 2.45) is 30.5 Å². The number of nitrogens with zero attached hydrogens (tertiary/aromatic N) is 2. The van der Waals surface area contributed by atoms with Crippen LogP contribution >= 0.6 is 0 Å². The van der Waals surface area contributed by atoms with Gasteiger partial charge in [0, 0.05) is 24.8 Å². The Labute approximate surface area is 144 Å². The summed E-state index contributed by atoms with van der Waals surface area (Å²) >= 11 is 0. The van der Waals surface area contributed by atoms with Gasteiger partial charge in [0.15, 0.2) is 0 Å². The summed E-state index contributed by atoms with van der Waals surface area (Å²) in [6.45, 7) is 5.46. The number of rotatable bonds is 3. The van der Waals surface area contributed by atoms with Gasteiger partial charge in [-0.3, -0.25) is 0 Å². The highest BCUT2D eigenvalue weighted by Crippen LogP contribution is 2.49. The van der Waals surface area contributed by atoms with Gasteiger partial charge in [-0.25, -0.2) is 4.98 Å². The molecule has 4 rings (SSSR count). The predicted molar refractivity (Wildman–Crippen MR) is 96.8 cm³/mol. The minimum Gasteiger partial charge on any atom is -0.374 e. The molecule has 2 fully saturated rings. The molecule has 130 valence electrons. The molecule has 1 aliphatic heterocycles. The maximum absolute atomic E-state index is 6.26. The van der Waals surface area contributed by atoms with E-state index in [2.05, 4.69) is 48.8 Å². The van der Waals surface area contributed by atoms with Crippen LogP contribution in [0, 0.1) is 17.8 Å². The first-order valence-electron chi connectivity index (χ1n) is 9.35. The number of nitrogens with two attached hydrogens (primary N) is 1. The zero-order chi connectivity index (χ0) is 16.8. The van der Waals surface area contributed by atoms with E-state index >= 15 is 0 Å². The summed E-state index contributed by atoms with van der Waals surface area (Å²) in [6.07, 6.45) is 8.23. The molecule has 0 bridgehead atoms. The third kappa shape index (κ3) is 2.47. The summed E-state index contributed by atoms with van der Waals surface area (Å²) in [6, 6.07) is 4.51. The SMILES string of the molecule is CC(C)C1C(c2cn(C)c3ncccc23)CCCC1C1OCC1N. The molecule has 2 aromatic heterocycles. The first kappa shape index (κ1) is 16.1. The third-order valence-corrected chi connectivity index (χ3v) is 6.27. The second-order valence-electron chi connectivity index (χ2n) is 8.05. The van der Waals surface area contributed by atoms with Crippen molar-refractivity contribution >= 4 is 11.0 Å². The number of aryl methyl sites for hydroxylation is 1. The monoisotopic (exact) mass is 327 g/mol. The molecule has 0 radical (unpaired) electrons. The summed E-state index contributed by atoms with van der Waals surface area (Å²) in [5.41, 5.74) is 8.82. The largest absolute Gasteiger partial charge is 0.374 e. The molecule has 5 atom stereocenters. The molecule has 5 unspecified atom stereocenters. The highest BCUT2D eigenvalue weighted by Gasteiger charge is 2.46. The van der Waals surface area contributed by atoms with E-state index in [0.717, 1.165) is 12.3 Å². The van der Waals surface area contributed by atoms with E-state index in [0.29, 0.717) is 23.7 Å². The van der Waals surface area contributed by atoms with E-state index in [-0.39, 0.29) is 12.1 Å². The first-order valence-corrected chi connectivity index (χ1v) is 9.35. The van der Waals surface area contributed by atoms with Crippen molar-refractivity contribution in [2.45, 2.75) is 51.2 Å². The van der Waals surface area contributed by atoms with Crippen LogP contribution in [0.2, 0.25) is 0 Å². The number of hydrogen-bond donors (Lipinski definition) is 1. The van der Waals surface area contributed by atoms with Crippen LogP contribution in [0.15, 0.2) is 24.5 Å². The summed E-state index contributed by atoms with van der Waals surface area (Å²) in [5, 5.41) is 1.31. The summed E-state index contributed by atoms with van der Waals surface area (Å²) < 4.78 is 8.08. The van der Waals surface area contributed by atoms with E-state index < -0.39 is 0 Å². The number of aromatic nitrogens is 2. The Kier molecular flexibility index (Phi) is 4.13. The zero-order valence-corrected chi connectivity index (χ0v) is 15.0. The standard InChI is InChI=1S/C20H29N3O/c1-12(2)18-13(6-4-7-15(18)19-17(21)11-24-19)16-10-23(3)20-14(16)8-5-9-22-20/h5,8-10,12-13,15,17-19H,4,6-7,11,21H2,1-3H3. The Hall–Kier alpha value is -1.39. The lowest BCUT2D eigenvalue weighted by molar-refractivity contribution is -0.132. The van der Waals surface area contributed by atoms with E-state index in [1.54, 1.807) is 0 Å². The van der Waals surface area contributed by atoms with Gasteiger partial charge >= 0.3 is 0 Å². The molecule has 1 saturated carbocycles. The molecule has 4 heteroatoms. The van der Waals surface area contributed by atoms with E-state index in [4.69, 9.17) is 10.5 Å². The lowest BCUT2D eigenvalue weighted by Gasteiger charge is -2.49. The van der Waals surface area contributed by atoms with Crippen LogP contribution in [0.3, 0.4) is 0 Å². The lowest BCUT2D eigenvalue weighted by Crippen LogP contribution is -2.57. The highest BCUT2D eigenvalue weighted by atomic mass is 16.5. The summed E-state index contributed by atoms with van der Waals surface area (Å²) in [5.74, 6) is 2.41. The molecular weight excluding hydrogens is 298 g/mol. The van der Waals surface area contributed by atoms with Gasteiger partial charge < -0.3 is 15.0 Å². The minimum atomic E-state index is 0.226. The number of hydrogen-bond acceptors (Lipinski definition) is 3. The van der Waals surface area contributed by atoms with Gasteiger partial charge in [0.25, 0.3) is 0 Å². The maximum atomic E-state index is 6.26. The van der Waals surface area contributed by atoms with Gasteiger partial charge in [-0.15, -0.1) is 0 Å². The van der Waals surface area contributed by atoms with Crippen molar-refractivity contribution in [1.82, 2.24) is 9.55 Å². The van der Waals surface area contributed by atoms with Gasteiger partial charge in [0.2, 0.25) is 0 Å². The van der Waals surface area contributed by atoms with Crippen LogP contribution in [0.25, 0.3) is 11.0 Å². The summed E-state index contributed by atoms with van der Waals surface area (Å²) in [7, 11) is 2.11. The molecule has 1 saturated heterocycles. The van der Waals surface area contributed by atoms with Crippen molar-refractivity contribution in [3.05, 3.63) is 30.1 Å². The van der Waals surface area contributed by atoms with E-state index in [1.807, 2.05) is 6.20 Å². The van der Waals surface area contributed by atoms with Crippen LogP contribution in [-0.2, 0) is 11.8 Å². The molecule has 2 aromatic rings. The molecule has 24 heavy (non-hydrogen) atoms. The summed E-state index contributed by atoms with van der Waals surface area (Å²) in [4.78, 5) is 4.58. The van der Waals surface area contributed by atoms with Gasteiger partial charge in [0.05, 0.1) is 18.8 Å². The van der Waals surface area contributed by atoms with Crippen LogP contribution in [0.1, 0.15) is 44.6 Å². The van der Waals surface area contributed by atoms with Crippen molar-refractivity contribution in [3.8, 4) is 0 Å². The van der Waals surface area contributed by atoms with Crippen molar-refractivity contribution in [1.29, 1.82) is 0 Å². The number of pyridine rings is 1. The molecule has 0 spiro atoms. The van der Waals surface area contributed by atoms with Crippen molar-refractivity contribution in [3.63, 3.8) is 0 Å². The minimum absolute atomic E-state index is 0.226. The highest BCUT2D eigenvalue weighted by molar-refractivity contribution is 5.81. The van der Waals surface area contributed by atoms with Crippen molar-refractivity contribution in [2.75, 3.05) is 6.61 Å². The Morgan fingerprint density at radius 2 is 2.17 bits per heavy atom. The molecule has 3 heterocycles. The fraction of sp³-hybridized carbons (Fsp3) is 0.650. The molecule has 2 aliphatic rings. The fourth-order valence-electron chi connectivity index (χ4n) is 5.26. The normalized spacial score (nSPS) is 33.8. The zero-order valence-electron chi connectivity index (χ0n) is 15.0. The van der Waals surface area contributed by atoms with Crippen LogP contribution in [0.5, 0.6) is 0 Å². The average Bonchev–Trinajstić information content (AvgIpc) is 2.90. The molecule has 2 N–H and O–H groups in total. The van der Waals surface area contributed by atoms with E-state index in [1.165, 1.54) is 30.2 Å². The Balaban J connectivity index is 1.74. The molecular formula is C20H29N3O. The second-order valence-corrected chi connectivity index (χ2v) is 8.05. The molecule has 0 amide bonds. The molecule has 1 aliphatic carbocycles. The topological polar surface area (TPSA) is 53.1 Å². The fourth-order valence-corrected chi connectivity index (χ4v) is 5.26. The Morgan fingerprint density at radius 1 is 1.33 bits per heavy atom. The predicted octanol–water partition coefficient (Wildman–Crippen LogP) is 3.46. The lowest BCUT2D eigenvalue weighted by atomic mass is 9.62. The first-order chi connectivity index (χ1) is 11.6. The Morgan fingerprint density at radius 3 is 2.83 bits per heavy atom.